The SMILES string of the molecule is CCOC(=O)CC(N)c1cccc(Oc2c(C)cccc2C)c1.Cl. The molecular weight excluding hydrogens is 326 g/mol. The molecular formula is C19H24ClNO3. The number of hydrogen-bond acceptors (Lipinski definition) is 4. The summed E-state index contributed by atoms with van der Waals surface area (Å²) >= 11 is 0. The molecule has 1 atom stereocenters. The molecule has 0 aliphatic carbocycles. The molecule has 24 heavy (non-hydrogen) atoms. The standard InChI is InChI=1S/C19H23NO3.ClH/c1-4-22-18(21)12-17(20)15-9-6-10-16(11-15)23-19-13(2)7-5-8-14(19)3;/h5-11,17H,4,12,20H2,1-3H3;1H. The van der Waals surface area contributed by atoms with Gasteiger partial charge in [-0.15, -0.1) is 12.4 Å². The zero-order chi connectivity index (χ0) is 16.8. The lowest BCUT2D eigenvalue weighted by Crippen LogP contribution is -2.17. The Bertz CT molecular complexity index is 668. The van der Waals surface area contributed by atoms with Crippen LogP contribution in [0.5, 0.6) is 11.5 Å². The van der Waals surface area contributed by atoms with E-state index in [4.69, 9.17) is 15.2 Å². The highest BCUT2D eigenvalue weighted by molar-refractivity contribution is 5.85. The molecule has 0 bridgehead atoms. The van der Waals surface area contributed by atoms with Gasteiger partial charge in [-0.3, -0.25) is 4.79 Å². The first-order chi connectivity index (χ1) is 11.0. The van der Waals surface area contributed by atoms with Gasteiger partial charge < -0.3 is 15.2 Å². The molecule has 2 N–H and O–H groups in total. The van der Waals surface area contributed by atoms with Crippen LogP contribution in [0, 0.1) is 13.8 Å². The Hall–Kier alpha value is -2.04. The van der Waals surface area contributed by atoms with E-state index in [1.54, 1.807) is 6.92 Å². The number of hydrogen-bond donors (Lipinski definition) is 1. The topological polar surface area (TPSA) is 61.5 Å². The summed E-state index contributed by atoms with van der Waals surface area (Å²) in [5.74, 6) is 1.27. The minimum absolute atomic E-state index is 0. The molecule has 1 unspecified atom stereocenters. The van der Waals surface area contributed by atoms with Gasteiger partial charge in [0.05, 0.1) is 13.0 Å². The highest BCUT2D eigenvalue weighted by Gasteiger charge is 2.13. The lowest BCUT2D eigenvalue weighted by Gasteiger charge is -2.15. The summed E-state index contributed by atoms with van der Waals surface area (Å²) in [4.78, 5) is 11.6. The Kier molecular flexibility index (Phi) is 7.75. The summed E-state index contributed by atoms with van der Waals surface area (Å²) in [6.45, 7) is 6.17. The quantitative estimate of drug-likeness (QED) is 0.781. The number of esters is 1. The maximum Gasteiger partial charge on any atom is 0.307 e. The van der Waals surface area contributed by atoms with Crippen LogP contribution in [0.3, 0.4) is 0 Å². The highest BCUT2D eigenvalue weighted by atomic mass is 35.5. The van der Waals surface area contributed by atoms with Crippen LogP contribution in [0.15, 0.2) is 42.5 Å². The molecule has 130 valence electrons. The summed E-state index contributed by atoms with van der Waals surface area (Å²) < 4.78 is 11.0. The summed E-state index contributed by atoms with van der Waals surface area (Å²) in [6, 6.07) is 13.1. The molecule has 2 aromatic carbocycles. The normalized spacial score (nSPS) is 11.3. The molecule has 0 radical (unpaired) electrons. The minimum atomic E-state index is -0.407. The second-order valence-electron chi connectivity index (χ2n) is 5.51. The molecule has 0 saturated carbocycles. The fourth-order valence-electron chi connectivity index (χ4n) is 2.40. The lowest BCUT2D eigenvalue weighted by atomic mass is 10.0. The largest absolute Gasteiger partial charge is 0.466 e. The molecule has 0 spiro atoms. The number of carbonyl (C=O) groups excluding carboxylic acids is 1. The molecule has 0 aromatic heterocycles. The Labute approximate surface area is 149 Å². The lowest BCUT2D eigenvalue weighted by molar-refractivity contribution is -0.143. The Balaban J connectivity index is 0.00000288. The maximum atomic E-state index is 11.6. The van der Waals surface area contributed by atoms with Gasteiger partial charge in [0.2, 0.25) is 0 Å². The number of para-hydroxylation sites is 1. The number of halogens is 1. The molecule has 0 aliphatic heterocycles. The van der Waals surface area contributed by atoms with Gasteiger partial charge in [0.1, 0.15) is 11.5 Å². The number of aryl methyl sites for hydroxylation is 2. The molecule has 0 saturated heterocycles. The van der Waals surface area contributed by atoms with Crippen molar-refractivity contribution < 1.29 is 14.3 Å². The van der Waals surface area contributed by atoms with Crippen LogP contribution in [-0.2, 0) is 9.53 Å². The van der Waals surface area contributed by atoms with Crippen molar-refractivity contribution in [1.29, 1.82) is 0 Å². The van der Waals surface area contributed by atoms with E-state index in [9.17, 15) is 4.79 Å². The van der Waals surface area contributed by atoms with Crippen LogP contribution in [0.4, 0.5) is 0 Å². The zero-order valence-corrected chi connectivity index (χ0v) is 15.1. The molecule has 2 rings (SSSR count). The smallest absolute Gasteiger partial charge is 0.307 e. The maximum absolute atomic E-state index is 11.6. The predicted molar refractivity (Wildman–Crippen MR) is 97.9 cm³/mol. The first-order valence-electron chi connectivity index (χ1n) is 7.76. The second kappa shape index (κ2) is 9.30. The van der Waals surface area contributed by atoms with Crippen LogP contribution < -0.4 is 10.5 Å². The first kappa shape index (κ1) is 20.0. The Morgan fingerprint density at radius 3 is 2.38 bits per heavy atom. The number of nitrogens with two attached hydrogens (primary N) is 1. The molecule has 2 aromatic rings. The highest BCUT2D eigenvalue weighted by Crippen LogP contribution is 2.30. The van der Waals surface area contributed by atoms with E-state index < -0.39 is 6.04 Å². The fourth-order valence-corrected chi connectivity index (χ4v) is 2.40. The second-order valence-corrected chi connectivity index (χ2v) is 5.51. The average molecular weight is 350 g/mol. The summed E-state index contributed by atoms with van der Waals surface area (Å²) in [5, 5.41) is 0. The molecule has 0 amide bonds. The van der Waals surface area contributed by atoms with Crippen LogP contribution in [0.2, 0.25) is 0 Å². The van der Waals surface area contributed by atoms with Crippen LogP contribution in [-0.4, -0.2) is 12.6 Å². The van der Waals surface area contributed by atoms with Crippen molar-refractivity contribution >= 4 is 18.4 Å². The molecule has 0 fully saturated rings. The van der Waals surface area contributed by atoms with E-state index in [1.165, 1.54) is 0 Å². The summed E-state index contributed by atoms with van der Waals surface area (Å²) in [6.07, 6.45) is 0.153. The van der Waals surface area contributed by atoms with E-state index in [2.05, 4.69) is 0 Å². The number of benzene rings is 2. The molecule has 0 aliphatic rings. The number of ether oxygens (including phenoxy) is 2. The van der Waals surface area contributed by atoms with Crippen molar-refractivity contribution in [1.82, 2.24) is 0 Å². The van der Waals surface area contributed by atoms with E-state index >= 15 is 0 Å². The van der Waals surface area contributed by atoms with E-state index in [0.29, 0.717) is 12.4 Å². The Morgan fingerprint density at radius 1 is 1.12 bits per heavy atom. The summed E-state index contributed by atoms with van der Waals surface area (Å²) in [7, 11) is 0. The fraction of sp³-hybridized carbons (Fsp3) is 0.316. The van der Waals surface area contributed by atoms with Crippen molar-refractivity contribution in [3.05, 3.63) is 59.2 Å². The van der Waals surface area contributed by atoms with Gasteiger partial charge in [0.25, 0.3) is 0 Å². The predicted octanol–water partition coefficient (Wildman–Crippen LogP) is 4.47. The van der Waals surface area contributed by atoms with Crippen molar-refractivity contribution in [2.75, 3.05) is 6.61 Å². The van der Waals surface area contributed by atoms with Crippen molar-refractivity contribution in [2.45, 2.75) is 33.2 Å². The van der Waals surface area contributed by atoms with Gasteiger partial charge in [0, 0.05) is 6.04 Å². The number of rotatable bonds is 6. The van der Waals surface area contributed by atoms with Crippen molar-refractivity contribution in [2.24, 2.45) is 5.73 Å². The summed E-state index contributed by atoms with van der Waals surface area (Å²) in [5.41, 5.74) is 9.09. The van der Waals surface area contributed by atoms with Gasteiger partial charge in [-0.05, 0) is 49.6 Å². The van der Waals surface area contributed by atoms with Crippen LogP contribution in [0.1, 0.15) is 36.1 Å². The van der Waals surface area contributed by atoms with Gasteiger partial charge >= 0.3 is 5.97 Å². The molecule has 5 heteroatoms. The molecule has 4 nitrogen and oxygen atoms in total. The monoisotopic (exact) mass is 349 g/mol. The van der Waals surface area contributed by atoms with Gasteiger partial charge in [-0.2, -0.15) is 0 Å². The minimum Gasteiger partial charge on any atom is -0.466 e. The van der Waals surface area contributed by atoms with Gasteiger partial charge in [-0.25, -0.2) is 0 Å². The zero-order valence-electron chi connectivity index (χ0n) is 14.2. The van der Waals surface area contributed by atoms with E-state index in [0.717, 1.165) is 22.4 Å². The Morgan fingerprint density at radius 2 is 1.75 bits per heavy atom. The van der Waals surface area contributed by atoms with Crippen molar-refractivity contribution in [3.63, 3.8) is 0 Å². The average Bonchev–Trinajstić information content (AvgIpc) is 2.51. The third-order valence-electron chi connectivity index (χ3n) is 3.61. The van der Waals surface area contributed by atoms with Crippen molar-refractivity contribution in [3.8, 4) is 11.5 Å². The van der Waals surface area contributed by atoms with Crippen LogP contribution in [0.25, 0.3) is 0 Å². The van der Waals surface area contributed by atoms with Crippen LogP contribution >= 0.6 is 12.4 Å². The first-order valence-corrected chi connectivity index (χ1v) is 7.76. The molecule has 0 heterocycles. The van der Waals surface area contributed by atoms with E-state index in [-0.39, 0.29) is 24.8 Å². The third kappa shape index (κ3) is 5.25. The number of carbonyl (C=O) groups is 1. The van der Waals surface area contributed by atoms with Gasteiger partial charge in [-0.1, -0.05) is 30.3 Å². The van der Waals surface area contributed by atoms with Gasteiger partial charge in [0.15, 0.2) is 0 Å². The van der Waals surface area contributed by atoms with E-state index in [1.807, 2.05) is 56.3 Å². The third-order valence-corrected chi connectivity index (χ3v) is 3.61.